The second-order valence-electron chi connectivity index (χ2n) is 4.73. The van der Waals surface area contributed by atoms with E-state index in [2.05, 4.69) is 38.0 Å². The van der Waals surface area contributed by atoms with Gasteiger partial charge in [-0.3, -0.25) is 0 Å². The zero-order chi connectivity index (χ0) is 12.0. The molecule has 4 heteroatoms. The molecule has 1 aromatic heterocycles. The number of nitrogens with zero attached hydrogens (tertiary/aromatic N) is 1. The standard InChI is InChI=1S/C13H14BrN3/c1-8-11(9-3-2-4-10(14)7-9)17-12(16-8)13(15)5-6-13/h2-4,7H,5-6,15H2,1H3,(H,16,17). The van der Waals surface area contributed by atoms with Gasteiger partial charge in [-0.1, -0.05) is 28.1 Å². The maximum atomic E-state index is 6.16. The summed E-state index contributed by atoms with van der Waals surface area (Å²) in [6.07, 6.45) is 2.05. The number of imidazole rings is 1. The van der Waals surface area contributed by atoms with Gasteiger partial charge in [0.2, 0.25) is 0 Å². The van der Waals surface area contributed by atoms with Gasteiger partial charge in [-0.2, -0.15) is 0 Å². The molecule has 88 valence electrons. The topological polar surface area (TPSA) is 54.7 Å². The van der Waals surface area contributed by atoms with Crippen molar-refractivity contribution in [3.63, 3.8) is 0 Å². The highest BCUT2D eigenvalue weighted by molar-refractivity contribution is 9.10. The second kappa shape index (κ2) is 3.68. The van der Waals surface area contributed by atoms with Gasteiger partial charge in [-0.15, -0.1) is 0 Å². The molecule has 17 heavy (non-hydrogen) atoms. The summed E-state index contributed by atoms with van der Waals surface area (Å²) in [5, 5.41) is 0. The molecule has 2 aromatic rings. The highest BCUT2D eigenvalue weighted by Crippen LogP contribution is 2.42. The van der Waals surface area contributed by atoms with Gasteiger partial charge in [0.05, 0.1) is 11.2 Å². The van der Waals surface area contributed by atoms with Gasteiger partial charge in [0.1, 0.15) is 5.82 Å². The number of rotatable bonds is 2. The number of halogens is 1. The molecule has 0 unspecified atom stereocenters. The van der Waals surface area contributed by atoms with E-state index >= 15 is 0 Å². The van der Waals surface area contributed by atoms with Crippen molar-refractivity contribution in [1.82, 2.24) is 9.97 Å². The Bertz CT molecular complexity index is 570. The monoisotopic (exact) mass is 291 g/mol. The Morgan fingerprint density at radius 2 is 2.18 bits per heavy atom. The van der Waals surface area contributed by atoms with Crippen LogP contribution in [0, 0.1) is 6.92 Å². The highest BCUT2D eigenvalue weighted by Gasteiger charge is 2.43. The zero-order valence-electron chi connectivity index (χ0n) is 9.63. The molecular weight excluding hydrogens is 278 g/mol. The van der Waals surface area contributed by atoms with Gasteiger partial charge in [0, 0.05) is 15.7 Å². The molecular formula is C13H14BrN3. The number of hydrogen-bond donors (Lipinski definition) is 2. The van der Waals surface area contributed by atoms with Gasteiger partial charge in [0.15, 0.2) is 0 Å². The average Bonchev–Trinajstić information content (AvgIpc) is 2.90. The number of H-pyrrole nitrogens is 1. The van der Waals surface area contributed by atoms with Crippen LogP contribution < -0.4 is 5.73 Å². The lowest BCUT2D eigenvalue weighted by molar-refractivity contribution is 0.684. The van der Waals surface area contributed by atoms with Crippen LogP contribution in [0.15, 0.2) is 28.7 Å². The van der Waals surface area contributed by atoms with Crippen LogP contribution in [-0.4, -0.2) is 9.97 Å². The maximum Gasteiger partial charge on any atom is 0.127 e. The lowest BCUT2D eigenvalue weighted by Gasteiger charge is -2.02. The number of aromatic amines is 1. The van der Waals surface area contributed by atoms with Crippen LogP contribution in [0.1, 0.15) is 24.4 Å². The fraction of sp³-hybridized carbons (Fsp3) is 0.308. The third-order valence-electron chi connectivity index (χ3n) is 3.24. The van der Waals surface area contributed by atoms with Crippen molar-refractivity contribution in [2.45, 2.75) is 25.3 Å². The molecule has 3 rings (SSSR count). The molecule has 1 aliphatic rings. The quantitative estimate of drug-likeness (QED) is 0.893. The van der Waals surface area contributed by atoms with E-state index in [0.717, 1.165) is 40.1 Å². The first-order valence-corrected chi connectivity index (χ1v) is 6.50. The van der Waals surface area contributed by atoms with Crippen molar-refractivity contribution in [2.75, 3.05) is 0 Å². The molecule has 0 spiro atoms. The molecule has 1 fully saturated rings. The van der Waals surface area contributed by atoms with Gasteiger partial charge in [0.25, 0.3) is 0 Å². The number of aromatic nitrogens is 2. The smallest absolute Gasteiger partial charge is 0.127 e. The number of nitrogens with one attached hydrogen (secondary N) is 1. The van der Waals surface area contributed by atoms with E-state index in [9.17, 15) is 0 Å². The van der Waals surface area contributed by atoms with Crippen LogP contribution in [0.2, 0.25) is 0 Å². The van der Waals surface area contributed by atoms with E-state index in [-0.39, 0.29) is 5.54 Å². The maximum absolute atomic E-state index is 6.16. The number of aryl methyl sites for hydroxylation is 1. The minimum absolute atomic E-state index is 0.199. The van der Waals surface area contributed by atoms with Gasteiger partial charge in [-0.05, 0) is 31.9 Å². The molecule has 3 nitrogen and oxygen atoms in total. The molecule has 3 N–H and O–H groups in total. The molecule has 0 radical (unpaired) electrons. The zero-order valence-corrected chi connectivity index (χ0v) is 11.2. The van der Waals surface area contributed by atoms with Gasteiger partial charge < -0.3 is 10.7 Å². The SMILES string of the molecule is Cc1[nH]c(C2(N)CC2)nc1-c1cccc(Br)c1. The van der Waals surface area contributed by atoms with E-state index in [1.54, 1.807) is 0 Å². The summed E-state index contributed by atoms with van der Waals surface area (Å²) in [5.74, 6) is 0.921. The predicted octanol–water partition coefficient (Wildman–Crippen LogP) is 3.10. The minimum atomic E-state index is -0.199. The normalized spacial score (nSPS) is 17.1. The van der Waals surface area contributed by atoms with Crippen LogP contribution in [0.3, 0.4) is 0 Å². The lowest BCUT2D eigenvalue weighted by atomic mass is 10.1. The molecule has 0 saturated heterocycles. The van der Waals surface area contributed by atoms with Crippen molar-refractivity contribution in [2.24, 2.45) is 5.73 Å². The van der Waals surface area contributed by atoms with Crippen LogP contribution in [-0.2, 0) is 5.54 Å². The largest absolute Gasteiger partial charge is 0.344 e. The van der Waals surface area contributed by atoms with Crippen molar-refractivity contribution >= 4 is 15.9 Å². The lowest BCUT2D eigenvalue weighted by Crippen LogP contribution is -2.20. The Hall–Kier alpha value is -1.13. The molecule has 1 aliphatic carbocycles. The molecule has 0 bridgehead atoms. The molecule has 1 saturated carbocycles. The molecule has 1 aromatic carbocycles. The van der Waals surface area contributed by atoms with Crippen molar-refractivity contribution < 1.29 is 0 Å². The van der Waals surface area contributed by atoms with Crippen LogP contribution >= 0.6 is 15.9 Å². The van der Waals surface area contributed by atoms with Crippen LogP contribution in [0.25, 0.3) is 11.3 Å². The number of benzene rings is 1. The first-order valence-electron chi connectivity index (χ1n) is 5.70. The van der Waals surface area contributed by atoms with Gasteiger partial charge in [-0.25, -0.2) is 4.98 Å². The van der Waals surface area contributed by atoms with Crippen molar-refractivity contribution in [3.05, 3.63) is 40.3 Å². The van der Waals surface area contributed by atoms with Crippen LogP contribution in [0.4, 0.5) is 0 Å². The van der Waals surface area contributed by atoms with E-state index in [4.69, 9.17) is 5.73 Å². The summed E-state index contributed by atoms with van der Waals surface area (Å²) in [6.45, 7) is 2.04. The predicted molar refractivity (Wildman–Crippen MR) is 71.6 cm³/mol. The van der Waals surface area contributed by atoms with Crippen molar-refractivity contribution in [1.29, 1.82) is 0 Å². The summed E-state index contributed by atoms with van der Waals surface area (Å²) < 4.78 is 1.06. The summed E-state index contributed by atoms with van der Waals surface area (Å²) in [7, 11) is 0. The van der Waals surface area contributed by atoms with E-state index in [1.807, 2.05) is 19.1 Å². The van der Waals surface area contributed by atoms with Gasteiger partial charge >= 0.3 is 0 Å². The van der Waals surface area contributed by atoms with Crippen molar-refractivity contribution in [3.8, 4) is 11.3 Å². The Labute approximate surface area is 109 Å². The van der Waals surface area contributed by atoms with E-state index in [0.29, 0.717) is 0 Å². The minimum Gasteiger partial charge on any atom is -0.344 e. The third kappa shape index (κ3) is 1.91. The number of nitrogens with two attached hydrogens (primary N) is 1. The molecule has 1 heterocycles. The molecule has 0 amide bonds. The summed E-state index contributed by atoms with van der Waals surface area (Å²) >= 11 is 3.48. The summed E-state index contributed by atoms with van der Waals surface area (Å²) in [4.78, 5) is 7.97. The fourth-order valence-corrected chi connectivity index (χ4v) is 2.38. The highest BCUT2D eigenvalue weighted by atomic mass is 79.9. The third-order valence-corrected chi connectivity index (χ3v) is 3.74. The second-order valence-corrected chi connectivity index (χ2v) is 5.64. The first kappa shape index (κ1) is 11.0. The van der Waals surface area contributed by atoms with E-state index < -0.39 is 0 Å². The molecule has 0 atom stereocenters. The summed E-state index contributed by atoms with van der Waals surface area (Å²) in [5.41, 5.74) is 9.15. The first-order chi connectivity index (χ1) is 8.08. The Morgan fingerprint density at radius 1 is 1.41 bits per heavy atom. The molecule has 0 aliphatic heterocycles. The average molecular weight is 292 g/mol. The van der Waals surface area contributed by atoms with Crippen LogP contribution in [0.5, 0.6) is 0 Å². The summed E-state index contributed by atoms with van der Waals surface area (Å²) in [6, 6.07) is 8.16. The van der Waals surface area contributed by atoms with E-state index in [1.165, 1.54) is 0 Å². The Balaban J connectivity index is 2.06. The number of hydrogen-bond acceptors (Lipinski definition) is 2. The Morgan fingerprint density at radius 3 is 2.82 bits per heavy atom. The fourth-order valence-electron chi connectivity index (χ4n) is 1.98. The Kier molecular flexibility index (Phi) is 2.38.